The van der Waals surface area contributed by atoms with Gasteiger partial charge in [-0.15, -0.1) is 29.9 Å². The summed E-state index contributed by atoms with van der Waals surface area (Å²) in [7, 11) is 0. The predicted octanol–water partition coefficient (Wildman–Crippen LogP) is 5.13. The third-order valence-electron chi connectivity index (χ3n) is 3.45. The molecule has 0 fully saturated rings. The van der Waals surface area contributed by atoms with E-state index in [0.717, 1.165) is 11.1 Å². The molecule has 0 saturated heterocycles. The topological polar surface area (TPSA) is 39.9 Å². The molecular formula is C17H13ClF3N3O. The maximum atomic E-state index is 12.2. The summed E-state index contributed by atoms with van der Waals surface area (Å²) in [5.41, 5.74) is 2.38. The highest BCUT2D eigenvalue weighted by Crippen LogP contribution is 2.25. The monoisotopic (exact) mass is 367 g/mol. The first-order valence-electron chi connectivity index (χ1n) is 7.34. The molecule has 0 aliphatic heterocycles. The molecule has 0 saturated carbocycles. The van der Waals surface area contributed by atoms with Crippen molar-refractivity contribution in [2.75, 3.05) is 0 Å². The highest BCUT2D eigenvalue weighted by molar-refractivity contribution is 6.20. The molecule has 3 rings (SSSR count). The Morgan fingerprint density at radius 1 is 1.04 bits per heavy atom. The maximum Gasteiger partial charge on any atom is 0.573 e. The van der Waals surface area contributed by atoms with Crippen LogP contribution in [0.2, 0.25) is 0 Å². The van der Waals surface area contributed by atoms with Gasteiger partial charge in [0.25, 0.3) is 0 Å². The molecule has 8 heteroatoms. The normalized spacial score (nSPS) is 12.8. The van der Waals surface area contributed by atoms with Gasteiger partial charge in [-0.1, -0.05) is 24.3 Å². The lowest BCUT2D eigenvalue weighted by Crippen LogP contribution is -2.17. The van der Waals surface area contributed by atoms with Crippen molar-refractivity contribution >= 4 is 11.6 Å². The number of halogens is 4. The lowest BCUT2D eigenvalue weighted by Gasteiger charge is -2.09. The fraction of sp³-hybridized carbons (Fsp3) is 0.176. The van der Waals surface area contributed by atoms with E-state index in [4.69, 9.17) is 11.6 Å². The molecular weight excluding hydrogens is 355 g/mol. The van der Waals surface area contributed by atoms with E-state index in [-0.39, 0.29) is 11.1 Å². The fourth-order valence-corrected chi connectivity index (χ4v) is 2.36. The molecule has 0 aliphatic rings. The summed E-state index contributed by atoms with van der Waals surface area (Å²) >= 11 is 6.02. The molecule has 2 aromatic carbocycles. The van der Waals surface area contributed by atoms with Gasteiger partial charge >= 0.3 is 6.36 Å². The minimum Gasteiger partial charge on any atom is -0.406 e. The molecule has 0 amide bonds. The Kier molecular flexibility index (Phi) is 4.67. The minimum absolute atomic E-state index is 0.0861. The Hall–Kier alpha value is -2.54. The molecule has 4 nitrogen and oxygen atoms in total. The van der Waals surface area contributed by atoms with E-state index in [1.165, 1.54) is 35.3 Å². The van der Waals surface area contributed by atoms with Crippen LogP contribution >= 0.6 is 11.6 Å². The average Bonchev–Trinajstić information content (AvgIpc) is 3.04. The molecule has 1 aromatic heterocycles. The van der Waals surface area contributed by atoms with Gasteiger partial charge in [-0.3, -0.25) is 0 Å². The summed E-state index contributed by atoms with van der Waals surface area (Å²) < 4.78 is 41.8. The van der Waals surface area contributed by atoms with E-state index in [9.17, 15) is 13.2 Å². The summed E-state index contributed by atoms with van der Waals surface area (Å²) in [6, 6.07) is 12.9. The SMILES string of the molecule is CC(Cl)c1ccc(-c2ncn(-c3ccc(OC(F)(F)F)cc3)n2)cc1. The Morgan fingerprint density at radius 2 is 1.68 bits per heavy atom. The third-order valence-corrected chi connectivity index (χ3v) is 3.71. The van der Waals surface area contributed by atoms with Crippen LogP contribution in [-0.4, -0.2) is 21.1 Å². The van der Waals surface area contributed by atoms with E-state index in [1.54, 1.807) is 0 Å². The summed E-state index contributed by atoms with van der Waals surface area (Å²) in [5.74, 6) is 0.215. The molecule has 1 atom stereocenters. The Balaban J connectivity index is 1.79. The first-order valence-corrected chi connectivity index (χ1v) is 7.78. The largest absolute Gasteiger partial charge is 0.573 e. The van der Waals surface area contributed by atoms with Crippen molar-refractivity contribution in [3.05, 3.63) is 60.4 Å². The average molecular weight is 368 g/mol. The number of benzene rings is 2. The molecule has 1 unspecified atom stereocenters. The molecule has 0 spiro atoms. The second-order valence-electron chi connectivity index (χ2n) is 5.29. The van der Waals surface area contributed by atoms with Crippen LogP contribution in [0, 0.1) is 0 Å². The van der Waals surface area contributed by atoms with Crippen LogP contribution in [0.15, 0.2) is 54.9 Å². The van der Waals surface area contributed by atoms with Crippen molar-refractivity contribution in [2.24, 2.45) is 0 Å². The minimum atomic E-state index is -4.71. The van der Waals surface area contributed by atoms with Crippen molar-refractivity contribution in [1.82, 2.24) is 14.8 Å². The summed E-state index contributed by atoms with van der Waals surface area (Å²) in [6.07, 6.45) is -3.22. The van der Waals surface area contributed by atoms with Gasteiger partial charge in [0.15, 0.2) is 5.82 Å². The molecule has 0 N–H and O–H groups in total. The molecule has 25 heavy (non-hydrogen) atoms. The Morgan fingerprint density at radius 3 is 2.24 bits per heavy atom. The van der Waals surface area contributed by atoms with Gasteiger partial charge in [-0.05, 0) is 36.8 Å². The first-order chi connectivity index (χ1) is 11.8. The van der Waals surface area contributed by atoms with Crippen LogP contribution < -0.4 is 4.74 Å². The van der Waals surface area contributed by atoms with Crippen molar-refractivity contribution in [2.45, 2.75) is 18.7 Å². The van der Waals surface area contributed by atoms with E-state index < -0.39 is 6.36 Å². The van der Waals surface area contributed by atoms with Crippen molar-refractivity contribution in [3.63, 3.8) is 0 Å². The number of hydrogen-bond acceptors (Lipinski definition) is 3. The number of aromatic nitrogens is 3. The van der Waals surface area contributed by atoms with Gasteiger partial charge in [0.05, 0.1) is 11.1 Å². The van der Waals surface area contributed by atoms with Crippen LogP contribution in [0.25, 0.3) is 17.1 Å². The number of nitrogens with zero attached hydrogens (tertiary/aromatic N) is 3. The van der Waals surface area contributed by atoms with Crippen LogP contribution in [-0.2, 0) is 0 Å². The predicted molar refractivity (Wildman–Crippen MR) is 87.7 cm³/mol. The molecule has 130 valence electrons. The number of hydrogen-bond donors (Lipinski definition) is 0. The smallest absolute Gasteiger partial charge is 0.406 e. The second-order valence-corrected chi connectivity index (χ2v) is 5.95. The Bertz CT molecular complexity index is 843. The van der Waals surface area contributed by atoms with E-state index in [0.29, 0.717) is 11.5 Å². The van der Waals surface area contributed by atoms with Crippen LogP contribution in [0.4, 0.5) is 13.2 Å². The molecule has 1 heterocycles. The zero-order valence-electron chi connectivity index (χ0n) is 13.0. The number of alkyl halides is 4. The van der Waals surface area contributed by atoms with Crippen molar-refractivity contribution in [1.29, 1.82) is 0 Å². The maximum absolute atomic E-state index is 12.2. The standard InChI is InChI=1S/C17H13ClF3N3O/c1-11(18)12-2-4-13(5-3-12)16-22-10-24(23-16)14-6-8-15(9-7-14)25-17(19,20)21/h2-11H,1H3. The quantitative estimate of drug-likeness (QED) is 0.600. The van der Waals surface area contributed by atoms with E-state index in [1.807, 2.05) is 31.2 Å². The van der Waals surface area contributed by atoms with E-state index in [2.05, 4.69) is 14.8 Å². The van der Waals surface area contributed by atoms with Gasteiger partial charge in [0.1, 0.15) is 12.1 Å². The van der Waals surface area contributed by atoms with Crippen LogP contribution in [0.3, 0.4) is 0 Å². The lowest BCUT2D eigenvalue weighted by atomic mass is 10.1. The highest BCUT2D eigenvalue weighted by Gasteiger charge is 2.30. The molecule has 0 radical (unpaired) electrons. The van der Waals surface area contributed by atoms with Gasteiger partial charge in [0, 0.05) is 5.56 Å². The number of ether oxygens (including phenoxy) is 1. The molecule has 0 aliphatic carbocycles. The van der Waals surface area contributed by atoms with Gasteiger partial charge in [-0.2, -0.15) is 0 Å². The van der Waals surface area contributed by atoms with Gasteiger partial charge in [0.2, 0.25) is 0 Å². The summed E-state index contributed by atoms with van der Waals surface area (Å²) in [5, 5.41) is 4.25. The zero-order valence-corrected chi connectivity index (χ0v) is 13.8. The number of rotatable bonds is 4. The lowest BCUT2D eigenvalue weighted by molar-refractivity contribution is -0.274. The van der Waals surface area contributed by atoms with Gasteiger partial charge < -0.3 is 4.74 Å². The first kappa shape index (κ1) is 17.3. The van der Waals surface area contributed by atoms with Crippen LogP contribution in [0.5, 0.6) is 5.75 Å². The van der Waals surface area contributed by atoms with Crippen molar-refractivity contribution in [3.8, 4) is 22.8 Å². The van der Waals surface area contributed by atoms with Crippen molar-refractivity contribution < 1.29 is 17.9 Å². The molecule has 3 aromatic rings. The third kappa shape index (κ3) is 4.30. The second kappa shape index (κ2) is 6.76. The zero-order chi connectivity index (χ0) is 18.0. The van der Waals surface area contributed by atoms with Crippen LogP contribution in [0.1, 0.15) is 17.9 Å². The highest BCUT2D eigenvalue weighted by atomic mass is 35.5. The van der Waals surface area contributed by atoms with Gasteiger partial charge in [-0.25, -0.2) is 9.67 Å². The summed E-state index contributed by atoms with van der Waals surface area (Å²) in [6.45, 7) is 1.88. The summed E-state index contributed by atoms with van der Waals surface area (Å²) in [4.78, 5) is 4.23. The molecule has 0 bridgehead atoms. The Labute approximate surface area is 146 Å². The van der Waals surface area contributed by atoms with E-state index >= 15 is 0 Å². The fourth-order valence-electron chi connectivity index (χ4n) is 2.22.